The fraction of sp³-hybridized carbons (Fsp3) is 0.629. The van der Waals surface area contributed by atoms with Crippen LogP contribution in [0.4, 0.5) is 4.79 Å². The van der Waals surface area contributed by atoms with Crippen molar-refractivity contribution in [3.05, 3.63) is 47.0 Å². The van der Waals surface area contributed by atoms with Crippen LogP contribution in [0.3, 0.4) is 0 Å². The van der Waals surface area contributed by atoms with Crippen LogP contribution in [-0.4, -0.2) is 103 Å². The van der Waals surface area contributed by atoms with Gasteiger partial charge in [0.25, 0.3) is 0 Å². The lowest BCUT2D eigenvalue weighted by molar-refractivity contribution is -0.346. The molecule has 1 aliphatic heterocycles. The first-order chi connectivity index (χ1) is 25.3. The molecule has 0 aromatic heterocycles. The molecule has 2 bridgehead atoms. The zero-order valence-electron chi connectivity index (χ0n) is 29.9. The molecule has 9 atom stereocenters. The number of halogens is 6. The monoisotopic (exact) mass is 892 g/mol. The van der Waals surface area contributed by atoms with E-state index in [9.17, 15) is 29.4 Å². The molecule has 4 aliphatic rings. The number of aliphatic hydroxyl groups is 2. The van der Waals surface area contributed by atoms with Gasteiger partial charge in [0, 0.05) is 25.2 Å². The van der Waals surface area contributed by atoms with E-state index in [-0.39, 0.29) is 23.1 Å². The molecule has 1 saturated heterocycles. The summed E-state index contributed by atoms with van der Waals surface area (Å²) < 4.78 is 24.9. The fourth-order valence-corrected chi connectivity index (χ4v) is 8.87. The van der Waals surface area contributed by atoms with E-state index < -0.39 is 122 Å². The van der Waals surface area contributed by atoms with E-state index in [0.717, 1.165) is 6.92 Å². The van der Waals surface area contributed by atoms with Crippen molar-refractivity contribution < 1.29 is 67.6 Å². The predicted octanol–water partition coefficient (Wildman–Crippen LogP) is 5.71. The Morgan fingerprint density at radius 2 is 1.58 bits per heavy atom. The molecular weight excluding hydrogens is 857 g/mol. The van der Waals surface area contributed by atoms with Gasteiger partial charge < -0.3 is 33.9 Å². The molecule has 20 heteroatoms. The largest absolute Gasteiger partial charge is 0.508 e. The molecule has 55 heavy (non-hydrogen) atoms. The lowest BCUT2D eigenvalue weighted by atomic mass is 9.43. The van der Waals surface area contributed by atoms with Crippen LogP contribution < -0.4 is 0 Å². The Bertz CT molecular complexity index is 1740. The van der Waals surface area contributed by atoms with Gasteiger partial charge in [-0.3, -0.25) is 14.5 Å². The highest BCUT2D eigenvalue weighted by Crippen LogP contribution is 2.65. The van der Waals surface area contributed by atoms with Crippen molar-refractivity contribution in [3.8, 4) is 0 Å². The zero-order chi connectivity index (χ0) is 41.1. The van der Waals surface area contributed by atoms with Crippen LogP contribution >= 0.6 is 69.6 Å². The smallest absolute Gasteiger partial charge is 0.455 e. The van der Waals surface area contributed by atoms with Gasteiger partial charge in [-0.1, -0.05) is 102 Å². The van der Waals surface area contributed by atoms with Crippen LogP contribution in [0.1, 0.15) is 57.8 Å². The van der Waals surface area contributed by atoms with E-state index in [4.69, 9.17) is 103 Å². The van der Waals surface area contributed by atoms with Gasteiger partial charge in [0.05, 0.1) is 29.6 Å². The Morgan fingerprint density at radius 1 is 0.964 bits per heavy atom. The molecule has 3 aliphatic carbocycles. The number of Topliss-reactive ketones (excluding diaryl/α,β-unsaturated/α-hetero) is 1. The van der Waals surface area contributed by atoms with Crippen molar-refractivity contribution in [1.29, 1.82) is 0 Å². The predicted molar refractivity (Wildman–Crippen MR) is 195 cm³/mol. The second-order valence-corrected chi connectivity index (χ2v) is 19.8. The Balaban J connectivity index is 1.81. The van der Waals surface area contributed by atoms with Crippen molar-refractivity contribution >= 4 is 99.5 Å². The molecule has 0 spiro atoms. The Hall–Kier alpha value is -2.11. The summed E-state index contributed by atoms with van der Waals surface area (Å²) in [5.74, 6) is -7.96. The van der Waals surface area contributed by atoms with Crippen molar-refractivity contribution in [2.75, 3.05) is 19.8 Å². The number of fused-ring (bicyclic) bond motifs is 5. The number of carbonyl (C=O) groups excluding carboxylic acids is 5. The Kier molecular flexibility index (Phi) is 12.5. The maximum Gasteiger partial charge on any atom is 0.508 e. The van der Waals surface area contributed by atoms with Gasteiger partial charge in [-0.2, -0.15) is 4.89 Å². The minimum atomic E-state index is -2.39. The third kappa shape index (κ3) is 8.15. The first-order valence-corrected chi connectivity index (χ1v) is 19.1. The molecule has 2 N–H and O–H groups in total. The molecule has 1 aromatic carbocycles. The van der Waals surface area contributed by atoms with Crippen molar-refractivity contribution in [1.82, 2.24) is 0 Å². The number of hydrogen-bond donors (Lipinski definition) is 2. The summed E-state index contributed by atoms with van der Waals surface area (Å²) in [6.45, 7) is 4.87. The average molecular weight is 895 g/mol. The maximum atomic E-state index is 15.7. The first-order valence-electron chi connectivity index (χ1n) is 16.8. The van der Waals surface area contributed by atoms with Crippen LogP contribution in [0, 0.1) is 22.7 Å². The second-order valence-electron chi connectivity index (χ2n) is 14.7. The highest BCUT2D eigenvalue weighted by Gasteiger charge is 2.79. The third-order valence-corrected chi connectivity index (χ3v) is 11.8. The van der Waals surface area contributed by atoms with Crippen LogP contribution in [0.2, 0.25) is 0 Å². The molecule has 5 rings (SSSR count). The quantitative estimate of drug-likeness (QED) is 0.0614. The summed E-state index contributed by atoms with van der Waals surface area (Å²) in [5.41, 5.74) is -8.26. The summed E-state index contributed by atoms with van der Waals surface area (Å²) in [5, 5.41) is 24.8. The van der Waals surface area contributed by atoms with Gasteiger partial charge in [-0.25, -0.2) is 14.4 Å². The van der Waals surface area contributed by atoms with Crippen LogP contribution in [0.5, 0.6) is 0 Å². The van der Waals surface area contributed by atoms with Crippen LogP contribution in [-0.2, 0) is 47.8 Å². The van der Waals surface area contributed by atoms with E-state index >= 15 is 4.79 Å². The maximum absolute atomic E-state index is 15.7. The van der Waals surface area contributed by atoms with E-state index in [1.807, 2.05) is 0 Å². The van der Waals surface area contributed by atoms with Gasteiger partial charge in [-0.15, -0.1) is 0 Å². The first kappa shape index (κ1) is 44.0. The van der Waals surface area contributed by atoms with Gasteiger partial charge >= 0.3 is 24.1 Å². The van der Waals surface area contributed by atoms with Gasteiger partial charge in [0.2, 0.25) is 7.59 Å². The molecular formula is C35H38Cl6O14. The minimum absolute atomic E-state index is 0.0386. The molecule has 1 heterocycles. The molecule has 304 valence electrons. The van der Waals surface area contributed by atoms with Gasteiger partial charge in [-0.05, 0) is 37.1 Å². The molecule has 14 nitrogen and oxygen atoms in total. The normalized spacial score (nSPS) is 34.1. The molecule has 2 saturated carbocycles. The SMILES string of the molecule is CC(=O)OC12COC1CC(OC(=O)OCC(Cl)(Cl)Cl)[C@@]1(C)C(=O)C(C(=O)OOCC(Cl)(Cl)Cl)C3=C(C)C(O)CC(O)(C(OC(=O)c4ccccc4)C21)C3(C)C. The summed E-state index contributed by atoms with van der Waals surface area (Å²) >= 11 is 34.7. The number of benzene rings is 1. The van der Waals surface area contributed by atoms with Crippen LogP contribution in [0.25, 0.3) is 0 Å². The molecule has 0 radical (unpaired) electrons. The standard InChI is InChI=1S/C35H38Cl6O14/c1-16-19(43)12-33(48)26(53-27(45)18-9-7-6-8-10-18)24-31(5,25(44)22(23(16)30(33,3)4)28(46)55-51-15-35(39,40)41)20(52-29(47)50-14-34(36,37)38)11-21-32(24,13-49-21)54-17(2)42/h6-10,19-22,24,26,43,48H,11-15H2,1-5H3/t19?,20?,21?,22?,24?,26?,31-,32?,33?/m1/s1. The summed E-state index contributed by atoms with van der Waals surface area (Å²) in [7, 11) is 0. The van der Waals surface area contributed by atoms with Crippen molar-refractivity contribution in [3.63, 3.8) is 0 Å². The van der Waals surface area contributed by atoms with E-state index in [1.54, 1.807) is 18.2 Å². The lowest BCUT2D eigenvalue weighted by Gasteiger charge is -2.67. The van der Waals surface area contributed by atoms with E-state index in [0.29, 0.717) is 0 Å². The van der Waals surface area contributed by atoms with E-state index in [1.165, 1.54) is 39.8 Å². The number of alkyl halides is 6. The summed E-state index contributed by atoms with van der Waals surface area (Å²) in [4.78, 5) is 80.2. The molecule has 1 aromatic rings. The number of ether oxygens (including phenoxy) is 5. The minimum Gasteiger partial charge on any atom is -0.455 e. The van der Waals surface area contributed by atoms with Gasteiger partial charge in [0.1, 0.15) is 43.0 Å². The highest BCUT2D eigenvalue weighted by molar-refractivity contribution is 6.68. The van der Waals surface area contributed by atoms with Gasteiger partial charge in [0.15, 0.2) is 11.4 Å². The second kappa shape index (κ2) is 15.6. The molecule has 0 amide bonds. The summed E-state index contributed by atoms with van der Waals surface area (Å²) in [6.07, 6.45) is -8.50. The number of ketones is 1. The number of rotatable bonds is 8. The number of aliphatic hydroxyl groups excluding tert-OH is 1. The Morgan fingerprint density at radius 3 is 2.13 bits per heavy atom. The lowest BCUT2D eigenvalue weighted by Crippen LogP contribution is -2.81. The Labute approximate surface area is 345 Å². The van der Waals surface area contributed by atoms with E-state index in [2.05, 4.69) is 0 Å². The zero-order valence-corrected chi connectivity index (χ0v) is 34.5. The number of esters is 2. The summed E-state index contributed by atoms with van der Waals surface area (Å²) in [6, 6.07) is 7.69. The molecule has 8 unspecified atom stereocenters. The topological polar surface area (TPSA) is 190 Å². The highest BCUT2D eigenvalue weighted by atomic mass is 35.6. The fourth-order valence-electron chi connectivity index (χ4n) is 8.58. The number of hydrogen-bond acceptors (Lipinski definition) is 14. The third-order valence-electron chi connectivity index (χ3n) is 11.1. The van der Waals surface area contributed by atoms with Crippen molar-refractivity contribution in [2.24, 2.45) is 22.7 Å². The number of carbonyl (C=O) groups is 5. The molecule has 3 fully saturated rings. The van der Waals surface area contributed by atoms with Crippen LogP contribution in [0.15, 0.2) is 41.5 Å². The van der Waals surface area contributed by atoms with Crippen molar-refractivity contribution in [2.45, 2.75) is 90.7 Å². The average Bonchev–Trinajstić information content (AvgIpc) is 3.06.